The predicted molar refractivity (Wildman–Crippen MR) is 98.0 cm³/mol. The molecule has 1 saturated heterocycles. The zero-order chi connectivity index (χ0) is 17.7. The van der Waals surface area contributed by atoms with Gasteiger partial charge in [-0.25, -0.2) is 8.42 Å². The number of rotatable bonds is 5. The number of carbonyl (C=O) groups excluding carboxylic acids is 1. The maximum atomic E-state index is 12.8. The van der Waals surface area contributed by atoms with Gasteiger partial charge in [0.05, 0.1) is 4.90 Å². The standard InChI is InChI=1S/C19H28N2O3S/c22-19(20-15-16-8-3-1-4-9-16)17-10-7-11-18(14-17)25(23,24)21-12-5-2-6-13-21/h7,10-11,14,16H,1-6,8-9,12-13,15H2,(H,20,22). The van der Waals surface area contributed by atoms with E-state index in [1.165, 1.54) is 42.5 Å². The molecule has 0 radical (unpaired) electrons. The van der Waals surface area contributed by atoms with Gasteiger partial charge >= 0.3 is 0 Å². The van der Waals surface area contributed by atoms with E-state index in [0.717, 1.165) is 19.3 Å². The van der Waals surface area contributed by atoms with E-state index in [9.17, 15) is 13.2 Å². The highest BCUT2D eigenvalue weighted by Crippen LogP contribution is 2.23. The highest BCUT2D eigenvalue weighted by molar-refractivity contribution is 7.89. The molecule has 1 amide bonds. The normalized spacial score (nSPS) is 20.3. The molecule has 0 spiro atoms. The second-order valence-electron chi connectivity index (χ2n) is 7.21. The van der Waals surface area contributed by atoms with Crippen molar-refractivity contribution in [2.45, 2.75) is 56.3 Å². The van der Waals surface area contributed by atoms with Gasteiger partial charge in [0, 0.05) is 25.2 Å². The molecule has 6 heteroatoms. The van der Waals surface area contributed by atoms with Crippen LogP contribution in [0.15, 0.2) is 29.2 Å². The van der Waals surface area contributed by atoms with Crippen LogP contribution in [0.5, 0.6) is 0 Å². The number of carbonyl (C=O) groups is 1. The molecule has 1 aromatic rings. The molecule has 2 aliphatic rings. The first-order valence-electron chi connectivity index (χ1n) is 9.46. The Labute approximate surface area is 150 Å². The van der Waals surface area contributed by atoms with Gasteiger partial charge in [-0.05, 0) is 49.8 Å². The van der Waals surface area contributed by atoms with Gasteiger partial charge in [0.1, 0.15) is 0 Å². The molecule has 1 aliphatic carbocycles. The summed E-state index contributed by atoms with van der Waals surface area (Å²) in [6.07, 6.45) is 9.00. The topological polar surface area (TPSA) is 66.5 Å². The molecular weight excluding hydrogens is 336 g/mol. The van der Waals surface area contributed by atoms with Gasteiger partial charge in [0.2, 0.25) is 10.0 Å². The van der Waals surface area contributed by atoms with Crippen molar-refractivity contribution >= 4 is 15.9 Å². The molecule has 1 aromatic carbocycles. The molecule has 0 unspecified atom stereocenters. The van der Waals surface area contributed by atoms with E-state index in [2.05, 4.69) is 5.32 Å². The monoisotopic (exact) mass is 364 g/mol. The molecule has 5 nitrogen and oxygen atoms in total. The maximum Gasteiger partial charge on any atom is 0.251 e. The minimum Gasteiger partial charge on any atom is -0.352 e. The van der Waals surface area contributed by atoms with Crippen LogP contribution in [-0.4, -0.2) is 38.3 Å². The Morgan fingerprint density at radius 1 is 1.04 bits per heavy atom. The minimum atomic E-state index is -3.50. The van der Waals surface area contributed by atoms with Crippen LogP contribution in [0.4, 0.5) is 0 Å². The molecule has 25 heavy (non-hydrogen) atoms. The highest BCUT2D eigenvalue weighted by Gasteiger charge is 2.26. The fourth-order valence-electron chi connectivity index (χ4n) is 3.78. The molecule has 0 aromatic heterocycles. The average Bonchev–Trinajstić information content (AvgIpc) is 2.67. The summed E-state index contributed by atoms with van der Waals surface area (Å²) >= 11 is 0. The van der Waals surface area contributed by atoms with E-state index in [0.29, 0.717) is 31.1 Å². The summed E-state index contributed by atoms with van der Waals surface area (Å²) < 4.78 is 27.1. The zero-order valence-electron chi connectivity index (χ0n) is 14.7. The largest absolute Gasteiger partial charge is 0.352 e. The van der Waals surface area contributed by atoms with Gasteiger partial charge < -0.3 is 5.32 Å². The Morgan fingerprint density at radius 3 is 2.44 bits per heavy atom. The average molecular weight is 365 g/mol. The molecule has 0 bridgehead atoms. The van der Waals surface area contributed by atoms with Crippen molar-refractivity contribution in [3.05, 3.63) is 29.8 Å². The van der Waals surface area contributed by atoms with Gasteiger partial charge in [0.25, 0.3) is 5.91 Å². The summed E-state index contributed by atoms with van der Waals surface area (Å²) in [6, 6.07) is 6.44. The summed E-state index contributed by atoms with van der Waals surface area (Å²) in [4.78, 5) is 12.6. The van der Waals surface area contributed by atoms with Crippen LogP contribution < -0.4 is 5.32 Å². The van der Waals surface area contributed by atoms with Gasteiger partial charge in [-0.1, -0.05) is 31.7 Å². The van der Waals surface area contributed by atoms with Crippen molar-refractivity contribution in [1.82, 2.24) is 9.62 Å². The van der Waals surface area contributed by atoms with Gasteiger partial charge in [0.15, 0.2) is 0 Å². The number of amides is 1. The molecule has 2 fully saturated rings. The van der Waals surface area contributed by atoms with Crippen LogP contribution >= 0.6 is 0 Å². The van der Waals surface area contributed by atoms with Crippen molar-refractivity contribution in [3.63, 3.8) is 0 Å². The highest BCUT2D eigenvalue weighted by atomic mass is 32.2. The molecule has 3 rings (SSSR count). The SMILES string of the molecule is O=C(NCC1CCCCC1)c1cccc(S(=O)(=O)N2CCCCC2)c1. The van der Waals surface area contributed by atoms with Crippen molar-refractivity contribution in [2.24, 2.45) is 5.92 Å². The zero-order valence-corrected chi connectivity index (χ0v) is 15.6. The first-order valence-corrected chi connectivity index (χ1v) is 10.9. The number of nitrogens with zero attached hydrogens (tertiary/aromatic N) is 1. The molecular formula is C19H28N2O3S. The predicted octanol–water partition coefficient (Wildman–Crippen LogP) is 3.17. The van der Waals surface area contributed by atoms with Gasteiger partial charge in [-0.15, -0.1) is 0 Å². The lowest BCUT2D eigenvalue weighted by molar-refractivity contribution is 0.0943. The van der Waals surface area contributed by atoms with Crippen molar-refractivity contribution < 1.29 is 13.2 Å². The summed E-state index contributed by atoms with van der Waals surface area (Å²) in [5.74, 6) is 0.374. The fourth-order valence-corrected chi connectivity index (χ4v) is 5.35. The summed E-state index contributed by atoms with van der Waals surface area (Å²) in [5.41, 5.74) is 0.425. The molecule has 1 N–H and O–H groups in total. The molecule has 1 aliphatic heterocycles. The van der Waals surface area contributed by atoms with Crippen molar-refractivity contribution in [2.75, 3.05) is 19.6 Å². The van der Waals surface area contributed by atoms with Crippen molar-refractivity contribution in [3.8, 4) is 0 Å². The van der Waals surface area contributed by atoms with Crippen LogP contribution in [-0.2, 0) is 10.0 Å². The second kappa shape index (κ2) is 8.32. The van der Waals surface area contributed by atoms with E-state index < -0.39 is 10.0 Å². The van der Waals surface area contributed by atoms with Crippen molar-refractivity contribution in [1.29, 1.82) is 0 Å². The summed E-state index contributed by atoms with van der Waals surface area (Å²) in [5, 5.41) is 2.98. The Balaban J connectivity index is 1.66. The minimum absolute atomic E-state index is 0.179. The first kappa shape index (κ1) is 18.4. The Kier molecular flexibility index (Phi) is 6.12. The number of nitrogens with one attached hydrogen (secondary N) is 1. The van der Waals surface area contributed by atoms with Crippen LogP contribution in [0, 0.1) is 5.92 Å². The fraction of sp³-hybridized carbons (Fsp3) is 0.632. The molecule has 138 valence electrons. The first-order chi connectivity index (χ1) is 12.1. The molecule has 1 heterocycles. The lowest BCUT2D eigenvalue weighted by atomic mass is 9.89. The van der Waals surface area contributed by atoms with E-state index in [1.54, 1.807) is 18.2 Å². The Bertz CT molecular complexity index is 690. The third-order valence-corrected chi connectivity index (χ3v) is 7.22. The lowest BCUT2D eigenvalue weighted by Gasteiger charge is -2.26. The number of hydrogen-bond donors (Lipinski definition) is 1. The summed E-state index contributed by atoms with van der Waals surface area (Å²) in [6.45, 7) is 1.82. The van der Waals surface area contributed by atoms with Gasteiger partial charge in [-0.3, -0.25) is 4.79 Å². The second-order valence-corrected chi connectivity index (χ2v) is 9.14. The number of piperidine rings is 1. The smallest absolute Gasteiger partial charge is 0.251 e. The van der Waals surface area contributed by atoms with Crippen LogP contribution in [0.1, 0.15) is 61.7 Å². The lowest BCUT2D eigenvalue weighted by Crippen LogP contribution is -2.35. The van der Waals surface area contributed by atoms with Crippen LogP contribution in [0.2, 0.25) is 0 Å². The number of hydrogen-bond acceptors (Lipinski definition) is 3. The van der Waals surface area contributed by atoms with Gasteiger partial charge in [-0.2, -0.15) is 4.31 Å². The maximum absolute atomic E-state index is 12.8. The van der Waals surface area contributed by atoms with Crippen LogP contribution in [0.3, 0.4) is 0 Å². The quantitative estimate of drug-likeness (QED) is 0.873. The van der Waals surface area contributed by atoms with E-state index in [-0.39, 0.29) is 10.8 Å². The van der Waals surface area contributed by atoms with E-state index >= 15 is 0 Å². The molecule has 0 atom stereocenters. The summed E-state index contributed by atoms with van der Waals surface area (Å²) in [7, 11) is -3.50. The Hall–Kier alpha value is -1.40. The number of benzene rings is 1. The number of sulfonamides is 1. The third kappa shape index (κ3) is 4.61. The van der Waals surface area contributed by atoms with E-state index in [1.807, 2.05) is 0 Å². The Morgan fingerprint density at radius 2 is 1.72 bits per heavy atom. The third-order valence-electron chi connectivity index (χ3n) is 5.33. The van der Waals surface area contributed by atoms with Crippen LogP contribution in [0.25, 0.3) is 0 Å². The van der Waals surface area contributed by atoms with E-state index in [4.69, 9.17) is 0 Å². The molecule has 1 saturated carbocycles.